The zero-order valence-electron chi connectivity index (χ0n) is 30.9. The molecule has 0 radical (unpaired) electrons. The Kier molecular flexibility index (Phi) is 6.93. The third-order valence-electron chi connectivity index (χ3n) is 11.7. The van der Waals surface area contributed by atoms with Crippen LogP contribution in [-0.2, 0) is 0 Å². The smallest absolute Gasteiger partial charge is 0.143 e. The van der Waals surface area contributed by atoms with E-state index in [0.717, 1.165) is 55.5 Å². The van der Waals surface area contributed by atoms with Gasteiger partial charge in [0.15, 0.2) is 0 Å². The monoisotopic (exact) mass is 726 g/mol. The molecule has 2 aromatic heterocycles. The molecule has 0 N–H and O–H groups in total. The number of hydrogen-bond acceptors (Lipinski definition) is 2. The highest BCUT2D eigenvalue weighted by Gasteiger charge is 2.20. The third-order valence-corrected chi connectivity index (χ3v) is 11.7. The fraction of sp³-hybridized carbons (Fsp3) is 0. The van der Waals surface area contributed by atoms with Gasteiger partial charge in [0.2, 0.25) is 0 Å². The molecule has 10 aromatic carbocycles. The largest absolute Gasteiger partial charge is 0.455 e. The van der Waals surface area contributed by atoms with Gasteiger partial charge < -0.3 is 13.9 Å². The van der Waals surface area contributed by atoms with E-state index in [1.54, 1.807) is 0 Å². The summed E-state index contributed by atoms with van der Waals surface area (Å²) in [4.78, 5) is 2.41. The van der Waals surface area contributed by atoms with Crippen LogP contribution in [0.2, 0.25) is 0 Å². The number of nitrogens with zero attached hydrogens (tertiary/aromatic N) is 2. The van der Waals surface area contributed by atoms with E-state index in [9.17, 15) is 0 Å². The molecule has 0 fully saturated rings. The second-order valence-corrected chi connectivity index (χ2v) is 14.9. The molecule has 57 heavy (non-hydrogen) atoms. The van der Waals surface area contributed by atoms with Crippen LogP contribution >= 0.6 is 0 Å². The van der Waals surface area contributed by atoms with E-state index < -0.39 is 0 Å². The molecule has 0 bridgehead atoms. The Morgan fingerprint density at radius 3 is 1.86 bits per heavy atom. The van der Waals surface area contributed by atoms with Crippen molar-refractivity contribution in [3.05, 3.63) is 206 Å². The summed E-state index contributed by atoms with van der Waals surface area (Å²) in [7, 11) is 0. The Balaban J connectivity index is 1.05. The molecule has 0 aliphatic heterocycles. The van der Waals surface area contributed by atoms with Gasteiger partial charge in [0.05, 0.1) is 16.7 Å². The summed E-state index contributed by atoms with van der Waals surface area (Å²) in [5, 5.41) is 11.9. The van der Waals surface area contributed by atoms with Crippen molar-refractivity contribution in [2.45, 2.75) is 0 Å². The molecule has 0 aliphatic carbocycles. The van der Waals surface area contributed by atoms with Gasteiger partial charge in [-0.05, 0) is 105 Å². The van der Waals surface area contributed by atoms with Crippen LogP contribution in [0.1, 0.15) is 0 Å². The predicted octanol–water partition coefficient (Wildman–Crippen LogP) is 15.3. The van der Waals surface area contributed by atoms with Gasteiger partial charge in [-0.3, -0.25) is 0 Å². The summed E-state index contributed by atoms with van der Waals surface area (Å²) in [6.45, 7) is 0. The first kappa shape index (κ1) is 31.7. The molecule has 3 nitrogen and oxygen atoms in total. The number of aromatic nitrogens is 1. The Labute approximate surface area is 328 Å². The Morgan fingerprint density at radius 1 is 0.351 bits per heavy atom. The summed E-state index contributed by atoms with van der Waals surface area (Å²) in [6, 6.07) is 74.6. The first-order valence-electron chi connectivity index (χ1n) is 19.5. The Hall–Kier alpha value is -7.62. The maximum absolute atomic E-state index is 6.57. The Morgan fingerprint density at radius 2 is 1.00 bits per heavy atom. The molecule has 266 valence electrons. The molecule has 12 aromatic rings. The molecule has 2 heterocycles. The maximum Gasteiger partial charge on any atom is 0.143 e. The minimum Gasteiger partial charge on any atom is -0.455 e. The summed E-state index contributed by atoms with van der Waals surface area (Å²) in [5.41, 5.74) is 11.0. The first-order valence-corrected chi connectivity index (χ1v) is 19.5. The van der Waals surface area contributed by atoms with Crippen molar-refractivity contribution in [3.8, 4) is 16.8 Å². The van der Waals surface area contributed by atoms with Crippen molar-refractivity contribution in [3.63, 3.8) is 0 Å². The van der Waals surface area contributed by atoms with Crippen molar-refractivity contribution < 1.29 is 4.42 Å². The molecule has 0 spiro atoms. The summed E-state index contributed by atoms with van der Waals surface area (Å²) < 4.78 is 8.94. The van der Waals surface area contributed by atoms with E-state index >= 15 is 0 Å². The van der Waals surface area contributed by atoms with Gasteiger partial charge in [-0.1, -0.05) is 133 Å². The summed E-state index contributed by atoms with van der Waals surface area (Å²) in [6.07, 6.45) is 0. The van der Waals surface area contributed by atoms with Gasteiger partial charge in [0.1, 0.15) is 11.2 Å². The number of benzene rings is 10. The predicted molar refractivity (Wildman–Crippen MR) is 241 cm³/mol. The average molecular weight is 727 g/mol. The highest BCUT2D eigenvalue weighted by Crippen LogP contribution is 2.45. The first-order chi connectivity index (χ1) is 28.3. The van der Waals surface area contributed by atoms with Gasteiger partial charge in [0, 0.05) is 49.4 Å². The fourth-order valence-corrected chi connectivity index (χ4v) is 9.09. The van der Waals surface area contributed by atoms with E-state index in [0.29, 0.717) is 0 Å². The number of hydrogen-bond donors (Lipinski definition) is 0. The molecular formula is C54H34N2O. The van der Waals surface area contributed by atoms with E-state index in [2.05, 4.69) is 210 Å². The topological polar surface area (TPSA) is 21.3 Å². The zero-order valence-corrected chi connectivity index (χ0v) is 30.9. The molecule has 0 atom stereocenters. The number of rotatable bonds is 5. The zero-order chi connectivity index (χ0) is 37.5. The lowest BCUT2D eigenvalue weighted by molar-refractivity contribution is 0.672. The number of para-hydroxylation sites is 3. The highest BCUT2D eigenvalue weighted by molar-refractivity contribution is 6.17. The minimum atomic E-state index is 0.904. The van der Waals surface area contributed by atoms with Crippen LogP contribution in [0.5, 0.6) is 0 Å². The van der Waals surface area contributed by atoms with Crippen LogP contribution in [0.4, 0.5) is 17.1 Å². The van der Waals surface area contributed by atoms with Crippen molar-refractivity contribution in [2.24, 2.45) is 0 Å². The SMILES string of the molecule is c1ccc(-n2c3ccccc3c3cc(-c4ccc(N(c5ccc6ccc7c8ccccc8oc7c6c5)c5cc6ccccc6c6ccccc56)cc4)ccc32)cc1. The van der Waals surface area contributed by atoms with Crippen molar-refractivity contribution >= 4 is 93.1 Å². The van der Waals surface area contributed by atoms with E-state index in [4.69, 9.17) is 4.42 Å². The lowest BCUT2D eigenvalue weighted by Crippen LogP contribution is -2.10. The van der Waals surface area contributed by atoms with E-state index in [1.807, 2.05) is 6.07 Å². The van der Waals surface area contributed by atoms with E-state index in [-0.39, 0.29) is 0 Å². The molecule has 12 rings (SSSR count). The fourth-order valence-electron chi connectivity index (χ4n) is 9.09. The van der Waals surface area contributed by atoms with Crippen LogP contribution < -0.4 is 4.90 Å². The molecule has 0 saturated carbocycles. The minimum absolute atomic E-state index is 0.904. The van der Waals surface area contributed by atoms with Gasteiger partial charge in [0.25, 0.3) is 0 Å². The normalized spacial score (nSPS) is 11.9. The lowest BCUT2D eigenvalue weighted by Gasteiger charge is -2.28. The van der Waals surface area contributed by atoms with Crippen molar-refractivity contribution in [2.75, 3.05) is 4.90 Å². The van der Waals surface area contributed by atoms with Crippen molar-refractivity contribution in [1.82, 2.24) is 4.57 Å². The van der Waals surface area contributed by atoms with Gasteiger partial charge in [-0.25, -0.2) is 0 Å². The standard InChI is InChI=1S/C54H34N2O/c1-2-13-39(14-3-1)56-50-20-10-8-18-45(50)49-32-37(26-31-51(49)56)35-22-27-40(28-23-35)55(52-33-38-12-4-5-15-42(38)43-16-6-7-17-44(43)52)41-29-24-36-25-30-47-46-19-9-11-21-53(46)57-54(47)48(36)34-41/h1-34H. The highest BCUT2D eigenvalue weighted by atomic mass is 16.3. The second-order valence-electron chi connectivity index (χ2n) is 14.9. The number of furan rings is 1. The van der Waals surface area contributed by atoms with Gasteiger partial charge >= 0.3 is 0 Å². The second kappa shape index (κ2) is 12.5. The van der Waals surface area contributed by atoms with Crippen LogP contribution in [0.3, 0.4) is 0 Å². The van der Waals surface area contributed by atoms with Gasteiger partial charge in [-0.2, -0.15) is 0 Å². The van der Waals surface area contributed by atoms with Crippen LogP contribution in [0.25, 0.3) is 92.9 Å². The van der Waals surface area contributed by atoms with Crippen LogP contribution in [0.15, 0.2) is 211 Å². The number of anilines is 3. The third kappa shape index (κ3) is 4.92. The summed E-state index contributed by atoms with van der Waals surface area (Å²) in [5.74, 6) is 0. The molecule has 0 aliphatic rings. The molecule has 3 heteroatoms. The molecule has 0 amide bonds. The summed E-state index contributed by atoms with van der Waals surface area (Å²) >= 11 is 0. The molecular weight excluding hydrogens is 693 g/mol. The number of fused-ring (bicyclic) bond motifs is 11. The quantitative estimate of drug-likeness (QED) is 0.165. The van der Waals surface area contributed by atoms with Crippen molar-refractivity contribution in [1.29, 1.82) is 0 Å². The average Bonchev–Trinajstić information content (AvgIpc) is 3.83. The molecule has 0 unspecified atom stereocenters. The lowest BCUT2D eigenvalue weighted by atomic mass is 9.98. The van der Waals surface area contributed by atoms with Gasteiger partial charge in [-0.15, -0.1) is 0 Å². The molecule has 0 saturated heterocycles. The van der Waals surface area contributed by atoms with Crippen LogP contribution in [-0.4, -0.2) is 4.57 Å². The van der Waals surface area contributed by atoms with Crippen LogP contribution in [0, 0.1) is 0 Å². The Bertz CT molecular complexity index is 3520. The van der Waals surface area contributed by atoms with E-state index in [1.165, 1.54) is 54.5 Å². The maximum atomic E-state index is 6.57.